The lowest BCUT2D eigenvalue weighted by atomic mass is 10.2. The van der Waals surface area contributed by atoms with Gasteiger partial charge in [0.25, 0.3) is 0 Å². The fraction of sp³-hybridized carbons (Fsp3) is 0.0556. The van der Waals surface area contributed by atoms with Gasteiger partial charge >= 0.3 is 11.2 Å². The molecule has 0 aliphatic heterocycles. The molecule has 0 spiro atoms. The molecule has 0 aliphatic carbocycles. The van der Waals surface area contributed by atoms with Crippen molar-refractivity contribution in [3.63, 3.8) is 0 Å². The molecule has 2 aromatic carbocycles. The minimum atomic E-state index is -0.339. The number of rotatable bonds is 3. The molecule has 0 amide bonds. The largest absolute Gasteiger partial charge is 0.350 e. The lowest BCUT2D eigenvalue weighted by molar-refractivity contribution is 0.658. The van der Waals surface area contributed by atoms with Gasteiger partial charge in [0.2, 0.25) is 5.65 Å². The zero-order chi connectivity index (χ0) is 17.4. The van der Waals surface area contributed by atoms with Crippen LogP contribution in [0.15, 0.2) is 81.1 Å². The highest BCUT2D eigenvalue weighted by Crippen LogP contribution is 2.12. The topological polar surface area (TPSA) is 61.3 Å². The molecule has 4 aromatic rings. The number of benzene rings is 2. The molecule has 2 aromatic heterocycles. The van der Waals surface area contributed by atoms with E-state index in [9.17, 15) is 9.59 Å². The van der Waals surface area contributed by atoms with Gasteiger partial charge in [-0.15, -0.1) is 5.10 Å². The molecule has 7 heteroatoms. The molecule has 0 atom stereocenters. The van der Waals surface area contributed by atoms with Gasteiger partial charge in [-0.25, -0.2) is 13.9 Å². The van der Waals surface area contributed by atoms with Gasteiger partial charge in [0.15, 0.2) is 0 Å². The van der Waals surface area contributed by atoms with E-state index in [1.165, 1.54) is 13.6 Å². The summed E-state index contributed by atoms with van der Waals surface area (Å²) in [6, 6.07) is 16.9. The molecule has 0 aliphatic rings. The van der Waals surface area contributed by atoms with Crippen molar-refractivity contribution in [1.29, 1.82) is 0 Å². The monoisotopic (exact) mass is 396 g/mol. The van der Waals surface area contributed by atoms with E-state index in [-0.39, 0.29) is 16.9 Å². The summed E-state index contributed by atoms with van der Waals surface area (Å²) in [7, 11) is 0. The zero-order valence-electron chi connectivity index (χ0n) is 13.0. The summed E-state index contributed by atoms with van der Waals surface area (Å²) >= 11 is 3.37. The Morgan fingerprint density at radius 3 is 2.36 bits per heavy atom. The summed E-state index contributed by atoms with van der Waals surface area (Å²) < 4.78 is 4.98. The quantitative estimate of drug-likeness (QED) is 0.534. The highest BCUT2D eigenvalue weighted by atomic mass is 79.9. The van der Waals surface area contributed by atoms with Crippen LogP contribution in [0.2, 0.25) is 0 Å². The summed E-state index contributed by atoms with van der Waals surface area (Å²) in [5.74, 6) is 0. The second kappa shape index (κ2) is 6.18. The van der Waals surface area contributed by atoms with E-state index in [0.717, 1.165) is 10.0 Å². The van der Waals surface area contributed by atoms with Crippen LogP contribution in [0.5, 0.6) is 0 Å². The predicted octanol–water partition coefficient (Wildman–Crippen LogP) is 2.46. The molecule has 0 saturated heterocycles. The fourth-order valence-corrected chi connectivity index (χ4v) is 2.94. The van der Waals surface area contributed by atoms with Crippen LogP contribution in [0.25, 0.3) is 11.3 Å². The van der Waals surface area contributed by atoms with Crippen molar-refractivity contribution in [2.75, 3.05) is 0 Å². The molecule has 0 radical (unpaired) electrons. The Morgan fingerprint density at radius 1 is 0.920 bits per heavy atom. The molecule has 0 saturated carbocycles. The van der Waals surface area contributed by atoms with Gasteiger partial charge in [-0.2, -0.15) is 0 Å². The first-order chi connectivity index (χ1) is 12.1. The average Bonchev–Trinajstić information content (AvgIpc) is 2.94. The number of hydrogen-bond acceptors (Lipinski definition) is 3. The van der Waals surface area contributed by atoms with Crippen molar-refractivity contribution in [3.05, 3.63) is 97.9 Å². The lowest BCUT2D eigenvalue weighted by Gasteiger charge is -2.05. The Hall–Kier alpha value is -2.93. The van der Waals surface area contributed by atoms with Gasteiger partial charge in [0, 0.05) is 22.6 Å². The number of halogens is 1. The highest BCUT2D eigenvalue weighted by Gasteiger charge is 2.12. The second-order valence-corrected chi connectivity index (χ2v) is 6.48. The summed E-state index contributed by atoms with van der Waals surface area (Å²) in [6.07, 6.45) is 3.14. The minimum Gasteiger partial charge on any atom is -0.280 e. The van der Waals surface area contributed by atoms with Crippen LogP contribution < -0.4 is 11.2 Å². The fourth-order valence-electron chi connectivity index (χ4n) is 2.67. The maximum absolute atomic E-state index is 12.7. The van der Waals surface area contributed by atoms with Crippen LogP contribution in [0.3, 0.4) is 0 Å². The summed E-state index contributed by atoms with van der Waals surface area (Å²) in [4.78, 5) is 25.2. The number of nitrogens with zero attached hydrogens (tertiary/aromatic N) is 4. The molecule has 4 rings (SSSR count). The highest BCUT2D eigenvalue weighted by molar-refractivity contribution is 9.10. The van der Waals surface area contributed by atoms with Crippen LogP contribution in [0.1, 0.15) is 5.56 Å². The summed E-state index contributed by atoms with van der Waals surface area (Å²) in [5.41, 5.74) is 1.08. The van der Waals surface area contributed by atoms with Gasteiger partial charge < -0.3 is 0 Å². The van der Waals surface area contributed by atoms with Crippen LogP contribution in [-0.4, -0.2) is 18.7 Å². The molecule has 0 unspecified atom stereocenters. The summed E-state index contributed by atoms with van der Waals surface area (Å²) in [5, 5.41) is 4.24. The van der Waals surface area contributed by atoms with Crippen molar-refractivity contribution in [2.24, 2.45) is 0 Å². The van der Waals surface area contributed by atoms with Crippen LogP contribution in [0.4, 0.5) is 0 Å². The Bertz CT molecular complexity index is 1160. The Labute approximate surface area is 150 Å². The standard InChI is InChI=1S/C18H13BrN4O2/c19-14-6-8-15(9-7-14)21-10-11-22-16(17(21)24)20-23(18(22)25)12-13-4-2-1-3-5-13/h1-11H,12H2. The SMILES string of the molecule is O=c1c2nn(Cc3ccccc3)c(=O)n2ccn1-c1ccc(Br)cc1. The molecule has 124 valence electrons. The molecule has 6 nitrogen and oxygen atoms in total. The van der Waals surface area contributed by atoms with Crippen LogP contribution in [-0.2, 0) is 6.54 Å². The van der Waals surface area contributed by atoms with Gasteiger partial charge in [-0.1, -0.05) is 46.3 Å². The van der Waals surface area contributed by atoms with Crippen molar-refractivity contribution >= 4 is 21.6 Å². The van der Waals surface area contributed by atoms with Crippen LogP contribution >= 0.6 is 15.9 Å². The lowest BCUT2D eigenvalue weighted by Crippen LogP contribution is -2.24. The van der Waals surface area contributed by atoms with Crippen molar-refractivity contribution < 1.29 is 0 Å². The van der Waals surface area contributed by atoms with E-state index < -0.39 is 0 Å². The predicted molar refractivity (Wildman–Crippen MR) is 98.3 cm³/mol. The first kappa shape index (κ1) is 15.6. The van der Waals surface area contributed by atoms with Gasteiger partial charge in [0.1, 0.15) is 0 Å². The Kier molecular flexibility index (Phi) is 3.85. The third kappa shape index (κ3) is 2.83. The molecule has 0 bridgehead atoms. The Balaban J connectivity index is 1.83. The van der Waals surface area contributed by atoms with E-state index in [0.29, 0.717) is 12.2 Å². The molecular formula is C18H13BrN4O2. The molecule has 0 fully saturated rings. The molecular weight excluding hydrogens is 384 g/mol. The maximum atomic E-state index is 12.7. The minimum absolute atomic E-state index is 0.103. The number of fused-ring (bicyclic) bond motifs is 1. The normalized spacial score (nSPS) is 11.1. The van der Waals surface area contributed by atoms with E-state index >= 15 is 0 Å². The molecule has 0 N–H and O–H groups in total. The zero-order valence-corrected chi connectivity index (χ0v) is 14.6. The third-order valence-corrected chi connectivity index (χ3v) is 4.45. The average molecular weight is 397 g/mol. The van der Waals surface area contributed by atoms with Crippen molar-refractivity contribution in [1.82, 2.24) is 18.7 Å². The van der Waals surface area contributed by atoms with Crippen molar-refractivity contribution in [3.8, 4) is 5.69 Å². The van der Waals surface area contributed by atoms with Gasteiger partial charge in [-0.3, -0.25) is 9.36 Å². The smallest absolute Gasteiger partial charge is 0.280 e. The van der Waals surface area contributed by atoms with E-state index in [4.69, 9.17) is 0 Å². The Morgan fingerprint density at radius 2 is 1.64 bits per heavy atom. The van der Waals surface area contributed by atoms with Crippen LogP contribution in [0, 0.1) is 0 Å². The number of aromatic nitrogens is 4. The third-order valence-electron chi connectivity index (χ3n) is 3.93. The second-order valence-electron chi connectivity index (χ2n) is 5.57. The van der Waals surface area contributed by atoms with Crippen molar-refractivity contribution in [2.45, 2.75) is 6.54 Å². The van der Waals surface area contributed by atoms with E-state index in [1.807, 2.05) is 54.6 Å². The van der Waals surface area contributed by atoms with E-state index in [2.05, 4.69) is 21.0 Å². The maximum Gasteiger partial charge on any atom is 0.350 e. The van der Waals surface area contributed by atoms with Gasteiger partial charge in [0.05, 0.1) is 6.54 Å². The van der Waals surface area contributed by atoms with Gasteiger partial charge in [-0.05, 0) is 29.8 Å². The first-order valence-electron chi connectivity index (χ1n) is 7.64. The number of hydrogen-bond donors (Lipinski definition) is 0. The molecule has 25 heavy (non-hydrogen) atoms. The first-order valence-corrected chi connectivity index (χ1v) is 8.43. The summed E-state index contributed by atoms with van der Waals surface area (Å²) in [6.45, 7) is 0.319. The molecule has 2 heterocycles. The van der Waals surface area contributed by atoms with E-state index in [1.54, 1.807) is 12.4 Å².